The fraction of sp³-hybridized carbons (Fsp3) is 0.154. The third-order valence-electron chi connectivity index (χ3n) is 2.30. The number of aryl methyl sites for hydroxylation is 1. The average molecular weight is 325 g/mol. The predicted molar refractivity (Wildman–Crippen MR) is 81.1 cm³/mol. The van der Waals surface area contributed by atoms with Gasteiger partial charge in [-0.2, -0.15) is 0 Å². The molecule has 21 heavy (non-hydrogen) atoms. The molecule has 0 saturated heterocycles. The highest BCUT2D eigenvalue weighted by Gasteiger charge is 2.11. The first-order valence-corrected chi connectivity index (χ1v) is 7.81. The monoisotopic (exact) mass is 325 g/mol. The van der Waals surface area contributed by atoms with Crippen LogP contribution < -0.4 is 10.6 Å². The molecule has 0 aliphatic carbocycles. The standard InChI is InChI=1S/C13H12FN3O2S2/c1-8-6-20-13(15-8)21-7-11(18)17-12(19)16-10-5-3-2-4-9(10)14/h2-6H,7H2,1H3,(H2,16,17,18,19). The number of imide groups is 1. The smallest absolute Gasteiger partial charge is 0.305 e. The molecule has 8 heteroatoms. The van der Waals surface area contributed by atoms with Gasteiger partial charge in [0.2, 0.25) is 5.91 Å². The number of thioether (sulfide) groups is 1. The molecule has 1 aromatic heterocycles. The molecule has 2 N–H and O–H groups in total. The molecule has 0 saturated carbocycles. The van der Waals surface area contributed by atoms with E-state index in [9.17, 15) is 14.0 Å². The van der Waals surface area contributed by atoms with Gasteiger partial charge in [-0.05, 0) is 19.1 Å². The lowest BCUT2D eigenvalue weighted by Gasteiger charge is -2.06. The zero-order valence-corrected chi connectivity index (χ0v) is 12.7. The molecule has 1 aromatic carbocycles. The number of anilines is 1. The van der Waals surface area contributed by atoms with Crippen LogP contribution in [0.2, 0.25) is 0 Å². The van der Waals surface area contributed by atoms with Gasteiger partial charge in [0.1, 0.15) is 5.82 Å². The summed E-state index contributed by atoms with van der Waals surface area (Å²) >= 11 is 2.68. The molecule has 2 rings (SSSR count). The summed E-state index contributed by atoms with van der Waals surface area (Å²) in [6.07, 6.45) is 0. The molecule has 5 nitrogen and oxygen atoms in total. The van der Waals surface area contributed by atoms with E-state index >= 15 is 0 Å². The van der Waals surface area contributed by atoms with Gasteiger partial charge in [0.05, 0.1) is 11.4 Å². The molecule has 3 amide bonds. The van der Waals surface area contributed by atoms with Crippen LogP contribution in [0.3, 0.4) is 0 Å². The minimum absolute atomic E-state index is 0.0194. The van der Waals surface area contributed by atoms with Crippen molar-refractivity contribution in [3.05, 3.63) is 41.2 Å². The largest absolute Gasteiger partial charge is 0.325 e. The number of hydrogen-bond donors (Lipinski definition) is 2. The van der Waals surface area contributed by atoms with Gasteiger partial charge in [-0.25, -0.2) is 14.2 Å². The molecule has 0 aliphatic rings. The molecular formula is C13H12FN3O2S2. The van der Waals surface area contributed by atoms with Crippen molar-refractivity contribution in [3.8, 4) is 0 Å². The highest BCUT2D eigenvalue weighted by Crippen LogP contribution is 2.21. The van der Waals surface area contributed by atoms with Crippen molar-refractivity contribution in [1.29, 1.82) is 0 Å². The van der Waals surface area contributed by atoms with Crippen molar-refractivity contribution in [2.75, 3.05) is 11.1 Å². The van der Waals surface area contributed by atoms with E-state index < -0.39 is 17.8 Å². The number of nitrogens with one attached hydrogen (secondary N) is 2. The van der Waals surface area contributed by atoms with E-state index in [1.165, 1.54) is 41.3 Å². The normalized spacial score (nSPS) is 10.2. The second-order valence-corrected chi connectivity index (χ2v) is 6.11. The Bertz CT molecular complexity index is 660. The van der Waals surface area contributed by atoms with E-state index in [-0.39, 0.29) is 11.4 Å². The summed E-state index contributed by atoms with van der Waals surface area (Å²) in [5.41, 5.74) is 0.909. The summed E-state index contributed by atoms with van der Waals surface area (Å²) in [7, 11) is 0. The van der Waals surface area contributed by atoms with Crippen LogP contribution >= 0.6 is 23.1 Å². The number of halogens is 1. The molecule has 0 bridgehead atoms. The highest BCUT2D eigenvalue weighted by molar-refractivity contribution is 8.01. The van der Waals surface area contributed by atoms with Crippen LogP contribution in [-0.2, 0) is 4.79 Å². The number of nitrogens with zero attached hydrogens (tertiary/aromatic N) is 1. The first-order chi connectivity index (χ1) is 10.0. The topological polar surface area (TPSA) is 71.1 Å². The zero-order valence-electron chi connectivity index (χ0n) is 11.1. The van der Waals surface area contributed by atoms with E-state index in [2.05, 4.69) is 15.6 Å². The van der Waals surface area contributed by atoms with Crippen molar-refractivity contribution in [2.24, 2.45) is 0 Å². The quantitative estimate of drug-likeness (QED) is 0.848. The third-order valence-corrected chi connectivity index (χ3v) is 4.44. The number of aromatic nitrogens is 1. The first-order valence-electron chi connectivity index (χ1n) is 5.95. The Labute approximate surface area is 129 Å². The van der Waals surface area contributed by atoms with Gasteiger partial charge in [0.25, 0.3) is 0 Å². The number of rotatable bonds is 4. The van der Waals surface area contributed by atoms with Crippen LogP contribution in [0.15, 0.2) is 34.0 Å². The summed E-state index contributed by atoms with van der Waals surface area (Å²) in [6, 6.07) is 4.96. The second-order valence-electron chi connectivity index (χ2n) is 4.03. The SMILES string of the molecule is Cc1csc(SCC(=O)NC(=O)Nc2ccccc2F)n1. The van der Waals surface area contributed by atoms with E-state index in [4.69, 9.17) is 0 Å². The van der Waals surface area contributed by atoms with Crippen molar-refractivity contribution >= 4 is 40.7 Å². The van der Waals surface area contributed by atoms with Crippen LogP contribution in [0.5, 0.6) is 0 Å². The lowest BCUT2D eigenvalue weighted by molar-refractivity contribution is -0.117. The Kier molecular flexibility index (Phi) is 5.29. The summed E-state index contributed by atoms with van der Waals surface area (Å²) in [5, 5.41) is 6.29. The van der Waals surface area contributed by atoms with Crippen molar-refractivity contribution in [3.63, 3.8) is 0 Å². The highest BCUT2D eigenvalue weighted by atomic mass is 32.2. The maximum absolute atomic E-state index is 13.3. The number of carbonyl (C=O) groups excluding carboxylic acids is 2. The van der Waals surface area contributed by atoms with Crippen LogP contribution in [0.25, 0.3) is 0 Å². The Balaban J connectivity index is 1.79. The number of benzene rings is 1. The summed E-state index contributed by atoms with van der Waals surface area (Å²) in [5.74, 6) is -0.966. The van der Waals surface area contributed by atoms with Crippen molar-refractivity contribution in [2.45, 2.75) is 11.3 Å². The average Bonchev–Trinajstić information content (AvgIpc) is 2.85. The van der Waals surface area contributed by atoms with E-state index in [0.29, 0.717) is 0 Å². The third kappa shape index (κ3) is 4.83. The molecule has 0 radical (unpaired) electrons. The van der Waals surface area contributed by atoms with Gasteiger partial charge in [-0.3, -0.25) is 10.1 Å². The van der Waals surface area contributed by atoms with Crippen molar-refractivity contribution < 1.29 is 14.0 Å². The molecule has 0 atom stereocenters. The fourth-order valence-corrected chi connectivity index (χ4v) is 3.05. The van der Waals surface area contributed by atoms with Gasteiger partial charge in [-0.1, -0.05) is 23.9 Å². The Morgan fingerprint density at radius 1 is 1.38 bits per heavy atom. The predicted octanol–water partition coefficient (Wildman–Crippen LogP) is 3.03. The maximum atomic E-state index is 13.3. The molecule has 0 unspecified atom stereocenters. The minimum Gasteiger partial charge on any atom is -0.305 e. The van der Waals surface area contributed by atoms with Crippen LogP contribution in [0.4, 0.5) is 14.9 Å². The number of para-hydroxylation sites is 1. The lowest BCUT2D eigenvalue weighted by atomic mass is 10.3. The van der Waals surface area contributed by atoms with E-state index in [1.807, 2.05) is 12.3 Å². The van der Waals surface area contributed by atoms with Gasteiger partial charge in [0, 0.05) is 11.1 Å². The van der Waals surface area contributed by atoms with Crippen LogP contribution in [0.1, 0.15) is 5.69 Å². The number of hydrogen-bond acceptors (Lipinski definition) is 5. The molecule has 0 spiro atoms. The molecule has 0 aliphatic heterocycles. The van der Waals surface area contributed by atoms with Gasteiger partial charge >= 0.3 is 6.03 Å². The molecule has 1 heterocycles. The fourth-order valence-electron chi connectivity index (χ4n) is 1.40. The van der Waals surface area contributed by atoms with E-state index in [1.54, 1.807) is 6.07 Å². The van der Waals surface area contributed by atoms with Crippen LogP contribution in [0, 0.1) is 12.7 Å². The summed E-state index contributed by atoms with van der Waals surface area (Å²) < 4.78 is 14.1. The number of thiazole rings is 1. The number of carbonyl (C=O) groups is 2. The lowest BCUT2D eigenvalue weighted by Crippen LogP contribution is -2.35. The van der Waals surface area contributed by atoms with Gasteiger partial charge in [-0.15, -0.1) is 11.3 Å². The maximum Gasteiger partial charge on any atom is 0.325 e. The van der Waals surface area contributed by atoms with Crippen LogP contribution in [-0.4, -0.2) is 22.7 Å². The molecular weight excluding hydrogens is 313 g/mol. The molecule has 2 aromatic rings. The number of urea groups is 1. The second kappa shape index (κ2) is 7.19. The van der Waals surface area contributed by atoms with Gasteiger partial charge < -0.3 is 5.32 Å². The Hall–Kier alpha value is -1.93. The minimum atomic E-state index is -0.763. The molecule has 0 fully saturated rings. The molecule has 110 valence electrons. The van der Waals surface area contributed by atoms with Crippen molar-refractivity contribution in [1.82, 2.24) is 10.3 Å². The Morgan fingerprint density at radius 2 is 2.14 bits per heavy atom. The Morgan fingerprint density at radius 3 is 2.81 bits per heavy atom. The number of amides is 3. The summed E-state index contributed by atoms with van der Waals surface area (Å²) in [6.45, 7) is 1.86. The van der Waals surface area contributed by atoms with E-state index in [0.717, 1.165) is 10.0 Å². The first kappa shape index (κ1) is 15.5. The zero-order chi connectivity index (χ0) is 15.2. The van der Waals surface area contributed by atoms with Gasteiger partial charge in [0.15, 0.2) is 4.34 Å². The summed E-state index contributed by atoms with van der Waals surface area (Å²) in [4.78, 5) is 27.4.